The van der Waals surface area contributed by atoms with E-state index in [1.165, 1.54) is 10.4 Å². The molecule has 7 nitrogen and oxygen atoms in total. The number of piperazine rings is 1. The fraction of sp³-hybridized carbons (Fsp3) is 0.333. The van der Waals surface area contributed by atoms with Crippen LogP contribution in [0.4, 0.5) is 5.82 Å². The summed E-state index contributed by atoms with van der Waals surface area (Å²) in [5.41, 5.74) is 2.09. The van der Waals surface area contributed by atoms with Gasteiger partial charge in [-0.1, -0.05) is 37.3 Å². The molecule has 0 bridgehead atoms. The summed E-state index contributed by atoms with van der Waals surface area (Å²) in [6.45, 7) is 7.82. The Hall–Kier alpha value is -3.36. The van der Waals surface area contributed by atoms with E-state index < -0.39 is 0 Å². The maximum absolute atomic E-state index is 12.4. The number of hydrogen-bond acceptors (Lipinski definition) is 7. The van der Waals surface area contributed by atoms with E-state index in [4.69, 9.17) is 9.97 Å². The summed E-state index contributed by atoms with van der Waals surface area (Å²) >= 11 is 1.69. The average Bonchev–Trinajstić information content (AvgIpc) is 3.34. The first-order valence-electron chi connectivity index (χ1n) is 12.1. The number of anilines is 1. The van der Waals surface area contributed by atoms with Gasteiger partial charge in [0.05, 0.1) is 11.9 Å². The Kier molecular flexibility index (Phi) is 7.01. The third kappa shape index (κ3) is 5.33. The molecule has 0 spiro atoms. The van der Waals surface area contributed by atoms with Crippen molar-refractivity contribution in [2.75, 3.05) is 37.6 Å². The lowest BCUT2D eigenvalue weighted by Crippen LogP contribution is -2.50. The van der Waals surface area contributed by atoms with Crippen LogP contribution >= 0.6 is 11.3 Å². The number of fused-ring (bicyclic) bond motifs is 1. The van der Waals surface area contributed by atoms with Crippen molar-refractivity contribution >= 4 is 33.3 Å². The van der Waals surface area contributed by atoms with Gasteiger partial charge in [-0.05, 0) is 37.1 Å². The molecular weight excluding hydrogens is 456 g/mol. The maximum Gasteiger partial charge on any atom is 0.234 e. The zero-order valence-corrected chi connectivity index (χ0v) is 21.0. The minimum atomic E-state index is 0.0985. The predicted molar refractivity (Wildman–Crippen MR) is 143 cm³/mol. The minimum absolute atomic E-state index is 0.0985. The van der Waals surface area contributed by atoms with E-state index in [0.29, 0.717) is 12.4 Å². The van der Waals surface area contributed by atoms with E-state index in [1.54, 1.807) is 17.5 Å². The molecule has 1 aliphatic heterocycles. The van der Waals surface area contributed by atoms with Crippen LogP contribution in [0, 0.1) is 0 Å². The molecule has 1 aromatic carbocycles. The van der Waals surface area contributed by atoms with Crippen LogP contribution in [0.15, 0.2) is 60.9 Å². The molecule has 1 N–H and O–H groups in total. The number of carbonyl (C=O) groups excluding carboxylic acids is 1. The number of amides is 1. The Morgan fingerprint density at radius 3 is 2.54 bits per heavy atom. The van der Waals surface area contributed by atoms with Gasteiger partial charge in [-0.3, -0.25) is 14.7 Å². The van der Waals surface area contributed by atoms with E-state index in [-0.39, 0.29) is 11.9 Å². The first-order valence-corrected chi connectivity index (χ1v) is 13.0. The third-order valence-electron chi connectivity index (χ3n) is 6.41. The number of benzene rings is 1. The molecule has 4 aromatic rings. The molecule has 4 heterocycles. The van der Waals surface area contributed by atoms with Gasteiger partial charge in [-0.15, -0.1) is 11.3 Å². The Bertz CT molecular complexity index is 1290. The molecule has 35 heavy (non-hydrogen) atoms. The van der Waals surface area contributed by atoms with E-state index in [1.807, 2.05) is 31.3 Å². The Morgan fingerprint density at radius 1 is 1.06 bits per heavy atom. The van der Waals surface area contributed by atoms with Crippen LogP contribution in [0.3, 0.4) is 0 Å². The van der Waals surface area contributed by atoms with Gasteiger partial charge < -0.3 is 10.2 Å². The maximum atomic E-state index is 12.4. The fourth-order valence-electron chi connectivity index (χ4n) is 4.26. The standard InChI is InChI=1S/C27H30N6OS/c1-3-19(2)29-24(34)18-32-12-14-33(15-13-32)26-22-16-23(20-8-5-4-6-9-20)35-27(22)31-25(30-26)21-10-7-11-28-17-21/h4-11,16-17,19H,3,12-15,18H2,1-2H3,(H,29,34). The Balaban J connectivity index is 1.42. The smallest absolute Gasteiger partial charge is 0.234 e. The van der Waals surface area contributed by atoms with Gasteiger partial charge in [0, 0.05) is 55.1 Å². The number of rotatable bonds is 7. The van der Waals surface area contributed by atoms with Crippen molar-refractivity contribution in [3.05, 3.63) is 60.9 Å². The van der Waals surface area contributed by atoms with E-state index in [0.717, 1.165) is 54.2 Å². The van der Waals surface area contributed by atoms with Crippen LogP contribution in [-0.4, -0.2) is 64.5 Å². The van der Waals surface area contributed by atoms with Crippen molar-refractivity contribution < 1.29 is 4.79 Å². The highest BCUT2D eigenvalue weighted by atomic mass is 32.1. The van der Waals surface area contributed by atoms with E-state index >= 15 is 0 Å². The van der Waals surface area contributed by atoms with Crippen molar-refractivity contribution in [3.8, 4) is 21.8 Å². The summed E-state index contributed by atoms with van der Waals surface area (Å²) in [5.74, 6) is 1.75. The minimum Gasteiger partial charge on any atom is -0.353 e. The quantitative estimate of drug-likeness (QED) is 0.416. The second-order valence-corrected chi connectivity index (χ2v) is 9.98. The SMILES string of the molecule is CCC(C)NC(=O)CN1CCN(c2nc(-c3cccnc3)nc3sc(-c4ccccc4)cc23)CC1. The van der Waals surface area contributed by atoms with Gasteiger partial charge in [-0.2, -0.15) is 0 Å². The summed E-state index contributed by atoms with van der Waals surface area (Å²) in [5, 5.41) is 4.14. The summed E-state index contributed by atoms with van der Waals surface area (Å²) < 4.78 is 0. The van der Waals surface area contributed by atoms with Crippen molar-refractivity contribution in [2.24, 2.45) is 0 Å². The van der Waals surface area contributed by atoms with Crippen molar-refractivity contribution in [2.45, 2.75) is 26.3 Å². The summed E-state index contributed by atoms with van der Waals surface area (Å²) in [6, 6.07) is 16.7. The highest BCUT2D eigenvalue weighted by Crippen LogP contribution is 2.38. The summed E-state index contributed by atoms with van der Waals surface area (Å²) in [7, 11) is 0. The van der Waals surface area contributed by atoms with Gasteiger partial charge in [0.15, 0.2) is 5.82 Å². The number of thiophene rings is 1. The molecule has 1 aliphatic rings. The number of nitrogens with one attached hydrogen (secondary N) is 1. The number of pyridine rings is 1. The van der Waals surface area contributed by atoms with Gasteiger partial charge in [-0.25, -0.2) is 9.97 Å². The number of hydrogen-bond donors (Lipinski definition) is 1. The van der Waals surface area contributed by atoms with Crippen LogP contribution in [0.5, 0.6) is 0 Å². The monoisotopic (exact) mass is 486 g/mol. The molecule has 1 saturated heterocycles. The first-order chi connectivity index (χ1) is 17.1. The summed E-state index contributed by atoms with van der Waals surface area (Å²) in [4.78, 5) is 33.3. The van der Waals surface area contributed by atoms with Crippen molar-refractivity contribution in [1.29, 1.82) is 0 Å². The van der Waals surface area contributed by atoms with Crippen molar-refractivity contribution in [1.82, 2.24) is 25.2 Å². The fourth-order valence-corrected chi connectivity index (χ4v) is 5.29. The molecule has 0 radical (unpaired) electrons. The van der Waals surface area contributed by atoms with Crippen LogP contribution < -0.4 is 10.2 Å². The topological polar surface area (TPSA) is 74.2 Å². The van der Waals surface area contributed by atoms with Crippen LogP contribution in [0.1, 0.15) is 20.3 Å². The lowest BCUT2D eigenvalue weighted by atomic mass is 10.1. The molecule has 1 unspecified atom stereocenters. The van der Waals surface area contributed by atoms with Crippen LogP contribution in [-0.2, 0) is 4.79 Å². The number of carbonyl (C=O) groups is 1. The van der Waals surface area contributed by atoms with Gasteiger partial charge >= 0.3 is 0 Å². The molecule has 1 amide bonds. The average molecular weight is 487 g/mol. The van der Waals surface area contributed by atoms with Gasteiger partial charge in [0.2, 0.25) is 5.91 Å². The Labute approximate surface area is 209 Å². The van der Waals surface area contributed by atoms with Gasteiger partial charge in [0.25, 0.3) is 0 Å². The normalized spacial score (nSPS) is 15.3. The molecule has 0 aliphatic carbocycles. The predicted octanol–water partition coefficient (Wildman–Crippen LogP) is 4.46. The molecule has 0 saturated carbocycles. The van der Waals surface area contributed by atoms with E-state index in [2.05, 4.69) is 57.4 Å². The zero-order chi connectivity index (χ0) is 24.2. The zero-order valence-electron chi connectivity index (χ0n) is 20.1. The van der Waals surface area contributed by atoms with Crippen molar-refractivity contribution in [3.63, 3.8) is 0 Å². The Morgan fingerprint density at radius 2 is 1.83 bits per heavy atom. The van der Waals surface area contributed by atoms with Crippen LogP contribution in [0.2, 0.25) is 0 Å². The molecule has 1 atom stereocenters. The largest absolute Gasteiger partial charge is 0.353 e. The van der Waals surface area contributed by atoms with E-state index in [9.17, 15) is 4.79 Å². The highest BCUT2D eigenvalue weighted by molar-refractivity contribution is 7.22. The second-order valence-electron chi connectivity index (χ2n) is 8.95. The molecule has 3 aromatic heterocycles. The highest BCUT2D eigenvalue weighted by Gasteiger charge is 2.24. The lowest BCUT2D eigenvalue weighted by molar-refractivity contribution is -0.122. The van der Waals surface area contributed by atoms with Crippen LogP contribution in [0.25, 0.3) is 32.0 Å². The number of nitrogens with zero attached hydrogens (tertiary/aromatic N) is 5. The molecule has 8 heteroatoms. The van der Waals surface area contributed by atoms with Gasteiger partial charge in [0.1, 0.15) is 10.6 Å². The molecule has 180 valence electrons. The summed E-state index contributed by atoms with van der Waals surface area (Å²) in [6.07, 6.45) is 4.51. The first kappa shape index (κ1) is 23.4. The third-order valence-corrected chi connectivity index (χ3v) is 7.49. The molecule has 1 fully saturated rings. The lowest BCUT2D eigenvalue weighted by Gasteiger charge is -2.35. The second kappa shape index (κ2) is 10.5. The molecule has 5 rings (SSSR count). The molecular formula is C27H30N6OS. The number of aromatic nitrogens is 3.